The van der Waals surface area contributed by atoms with Crippen molar-refractivity contribution in [2.45, 2.75) is 52.2 Å². The van der Waals surface area contributed by atoms with Crippen molar-refractivity contribution in [2.24, 2.45) is 0 Å². The molecule has 2 aliphatic rings. The average Bonchev–Trinajstić information content (AvgIpc) is 3.24. The van der Waals surface area contributed by atoms with Crippen LogP contribution in [-0.2, 0) is 16.1 Å². The molecule has 136 valence electrons. The van der Waals surface area contributed by atoms with Crippen molar-refractivity contribution in [3.63, 3.8) is 0 Å². The number of rotatable bonds is 3. The maximum absolute atomic E-state index is 12.9. The van der Waals surface area contributed by atoms with Gasteiger partial charge in [-0.1, -0.05) is 17.7 Å². The first kappa shape index (κ1) is 16.8. The fourth-order valence-corrected chi connectivity index (χ4v) is 3.90. The number of oxazole rings is 1. The molecule has 0 aliphatic carbocycles. The first-order chi connectivity index (χ1) is 12.5. The molecular formula is C20H23N3O3. The second kappa shape index (κ2) is 6.27. The molecule has 2 amide bonds. The third-order valence-electron chi connectivity index (χ3n) is 5.41. The van der Waals surface area contributed by atoms with Gasteiger partial charge < -0.3 is 14.2 Å². The highest BCUT2D eigenvalue weighted by Crippen LogP contribution is 2.29. The quantitative estimate of drug-likeness (QED) is 0.851. The van der Waals surface area contributed by atoms with E-state index in [1.54, 1.807) is 16.7 Å². The van der Waals surface area contributed by atoms with Crippen LogP contribution >= 0.6 is 0 Å². The Balaban J connectivity index is 1.61. The standard InChI is InChI=1S/C20H23N3O3/c1-12-6-4-7-15(10-12)18-21-16(14(3)26-18)11-23-13(2)19(24)22-9-5-8-17(22)20(23)25/h4,6-7,10,13,17H,5,8-9,11H2,1-3H3/t13-,17-/m0/s1. The summed E-state index contributed by atoms with van der Waals surface area (Å²) < 4.78 is 5.84. The molecule has 0 bridgehead atoms. The highest BCUT2D eigenvalue weighted by Gasteiger charge is 2.46. The Labute approximate surface area is 152 Å². The molecule has 26 heavy (non-hydrogen) atoms. The van der Waals surface area contributed by atoms with Crippen LogP contribution in [0.15, 0.2) is 28.7 Å². The van der Waals surface area contributed by atoms with Crippen LogP contribution in [0.1, 0.15) is 36.8 Å². The third kappa shape index (κ3) is 2.69. The number of carbonyl (C=O) groups excluding carboxylic acids is 2. The van der Waals surface area contributed by atoms with Crippen LogP contribution in [0.4, 0.5) is 0 Å². The molecular weight excluding hydrogens is 330 g/mol. The van der Waals surface area contributed by atoms with E-state index in [0.29, 0.717) is 30.4 Å². The monoisotopic (exact) mass is 353 g/mol. The van der Waals surface area contributed by atoms with Gasteiger partial charge in [0.1, 0.15) is 23.5 Å². The zero-order valence-electron chi connectivity index (χ0n) is 15.4. The van der Waals surface area contributed by atoms with Gasteiger partial charge in [0, 0.05) is 12.1 Å². The van der Waals surface area contributed by atoms with E-state index in [2.05, 4.69) is 4.98 Å². The summed E-state index contributed by atoms with van der Waals surface area (Å²) in [6, 6.07) is 7.19. The van der Waals surface area contributed by atoms with Gasteiger partial charge in [-0.25, -0.2) is 4.98 Å². The molecule has 2 saturated heterocycles. The number of aryl methyl sites for hydroxylation is 2. The first-order valence-electron chi connectivity index (χ1n) is 9.10. The number of benzene rings is 1. The van der Waals surface area contributed by atoms with Crippen molar-refractivity contribution >= 4 is 11.8 Å². The molecule has 6 nitrogen and oxygen atoms in total. The molecule has 2 aliphatic heterocycles. The number of piperazine rings is 1. The molecule has 1 aromatic heterocycles. The lowest BCUT2D eigenvalue weighted by atomic mass is 10.1. The lowest BCUT2D eigenvalue weighted by molar-refractivity contribution is -0.159. The van der Waals surface area contributed by atoms with Crippen LogP contribution in [0, 0.1) is 13.8 Å². The number of carbonyl (C=O) groups is 2. The van der Waals surface area contributed by atoms with E-state index in [0.717, 1.165) is 24.0 Å². The highest BCUT2D eigenvalue weighted by atomic mass is 16.4. The fraction of sp³-hybridized carbons (Fsp3) is 0.450. The van der Waals surface area contributed by atoms with Crippen LogP contribution in [0.2, 0.25) is 0 Å². The van der Waals surface area contributed by atoms with E-state index < -0.39 is 6.04 Å². The third-order valence-corrected chi connectivity index (χ3v) is 5.41. The second-order valence-electron chi connectivity index (χ2n) is 7.22. The predicted octanol–water partition coefficient (Wildman–Crippen LogP) is 2.68. The molecule has 4 rings (SSSR count). The van der Waals surface area contributed by atoms with Gasteiger partial charge in [0.15, 0.2) is 0 Å². The Morgan fingerprint density at radius 2 is 2.04 bits per heavy atom. The van der Waals surface area contributed by atoms with Crippen LogP contribution in [-0.4, -0.2) is 45.2 Å². The number of aromatic nitrogens is 1. The van der Waals surface area contributed by atoms with Gasteiger partial charge in [-0.3, -0.25) is 9.59 Å². The topological polar surface area (TPSA) is 66.7 Å². The Hall–Kier alpha value is -2.63. The molecule has 1 aromatic carbocycles. The largest absolute Gasteiger partial charge is 0.441 e. The summed E-state index contributed by atoms with van der Waals surface area (Å²) >= 11 is 0. The van der Waals surface area contributed by atoms with E-state index in [1.165, 1.54) is 0 Å². The number of hydrogen-bond donors (Lipinski definition) is 0. The van der Waals surface area contributed by atoms with Crippen LogP contribution < -0.4 is 0 Å². The Morgan fingerprint density at radius 1 is 1.23 bits per heavy atom. The fourth-order valence-electron chi connectivity index (χ4n) is 3.90. The Morgan fingerprint density at radius 3 is 2.81 bits per heavy atom. The minimum Gasteiger partial charge on any atom is -0.441 e. The van der Waals surface area contributed by atoms with Crippen molar-refractivity contribution in [2.75, 3.05) is 6.54 Å². The molecule has 0 N–H and O–H groups in total. The van der Waals surface area contributed by atoms with Crippen molar-refractivity contribution in [1.82, 2.24) is 14.8 Å². The lowest BCUT2D eigenvalue weighted by Crippen LogP contribution is -2.61. The lowest BCUT2D eigenvalue weighted by Gasteiger charge is -2.40. The second-order valence-corrected chi connectivity index (χ2v) is 7.22. The summed E-state index contributed by atoms with van der Waals surface area (Å²) in [6.07, 6.45) is 1.64. The molecule has 0 saturated carbocycles. The maximum atomic E-state index is 12.9. The van der Waals surface area contributed by atoms with Crippen LogP contribution in [0.3, 0.4) is 0 Å². The summed E-state index contributed by atoms with van der Waals surface area (Å²) in [5, 5.41) is 0. The van der Waals surface area contributed by atoms with Crippen molar-refractivity contribution in [3.8, 4) is 11.5 Å². The molecule has 0 unspecified atom stereocenters. The van der Waals surface area contributed by atoms with Crippen LogP contribution in [0.5, 0.6) is 0 Å². The smallest absolute Gasteiger partial charge is 0.246 e. The summed E-state index contributed by atoms with van der Waals surface area (Å²) in [5.41, 5.74) is 2.75. The molecule has 2 fully saturated rings. The predicted molar refractivity (Wildman–Crippen MR) is 96.2 cm³/mol. The summed E-state index contributed by atoms with van der Waals surface area (Å²) in [4.78, 5) is 33.5. The molecule has 2 aromatic rings. The maximum Gasteiger partial charge on any atom is 0.246 e. The molecule has 0 spiro atoms. The summed E-state index contributed by atoms with van der Waals surface area (Å²) in [5.74, 6) is 1.29. The van der Waals surface area contributed by atoms with E-state index in [4.69, 9.17) is 4.42 Å². The Kier molecular flexibility index (Phi) is 4.05. The number of fused-ring (bicyclic) bond motifs is 1. The average molecular weight is 353 g/mol. The first-order valence-corrected chi connectivity index (χ1v) is 9.10. The van der Waals surface area contributed by atoms with E-state index in [9.17, 15) is 9.59 Å². The molecule has 6 heteroatoms. The summed E-state index contributed by atoms with van der Waals surface area (Å²) in [7, 11) is 0. The van der Waals surface area contributed by atoms with Crippen LogP contribution in [0.25, 0.3) is 11.5 Å². The zero-order chi connectivity index (χ0) is 18.4. The Bertz CT molecular complexity index is 873. The minimum atomic E-state index is -0.463. The van der Waals surface area contributed by atoms with Gasteiger partial charge in [0.2, 0.25) is 17.7 Å². The van der Waals surface area contributed by atoms with Crippen molar-refractivity contribution in [1.29, 1.82) is 0 Å². The van der Waals surface area contributed by atoms with Gasteiger partial charge in [0.25, 0.3) is 0 Å². The van der Waals surface area contributed by atoms with E-state index >= 15 is 0 Å². The minimum absolute atomic E-state index is 0.0223. The van der Waals surface area contributed by atoms with Crippen molar-refractivity contribution in [3.05, 3.63) is 41.3 Å². The number of nitrogens with zero attached hydrogens (tertiary/aromatic N) is 3. The van der Waals surface area contributed by atoms with Crippen molar-refractivity contribution < 1.29 is 14.0 Å². The van der Waals surface area contributed by atoms with Gasteiger partial charge in [-0.05, 0) is 45.7 Å². The van der Waals surface area contributed by atoms with Gasteiger partial charge in [-0.15, -0.1) is 0 Å². The van der Waals surface area contributed by atoms with E-state index in [1.807, 2.05) is 38.1 Å². The normalized spacial score (nSPS) is 22.9. The van der Waals surface area contributed by atoms with Gasteiger partial charge >= 0.3 is 0 Å². The SMILES string of the molecule is Cc1cccc(-c2nc(CN3C(=O)[C@@H]4CCCN4C(=O)[C@@H]3C)c(C)o2)c1. The zero-order valence-corrected chi connectivity index (χ0v) is 15.4. The van der Waals surface area contributed by atoms with Gasteiger partial charge in [0.05, 0.1) is 6.54 Å². The molecule has 2 atom stereocenters. The van der Waals surface area contributed by atoms with Gasteiger partial charge in [-0.2, -0.15) is 0 Å². The highest BCUT2D eigenvalue weighted by molar-refractivity contribution is 5.97. The number of amides is 2. The molecule has 3 heterocycles. The van der Waals surface area contributed by atoms with E-state index in [-0.39, 0.29) is 17.9 Å². The number of hydrogen-bond acceptors (Lipinski definition) is 4. The molecule has 0 radical (unpaired) electrons. The summed E-state index contributed by atoms with van der Waals surface area (Å²) in [6.45, 7) is 6.66.